The topological polar surface area (TPSA) is 46.6 Å². The SMILES string of the molecule is CCCCCCCCCOC(=O)C1CCCN1C(=O)CCCCCCC. The summed E-state index contributed by atoms with van der Waals surface area (Å²) in [6, 6.07) is -0.331. The van der Waals surface area contributed by atoms with Gasteiger partial charge in [-0.3, -0.25) is 4.79 Å². The second-order valence-corrected chi connectivity index (χ2v) is 7.70. The van der Waals surface area contributed by atoms with Gasteiger partial charge in [0, 0.05) is 13.0 Å². The van der Waals surface area contributed by atoms with Gasteiger partial charge >= 0.3 is 5.97 Å². The molecule has 1 unspecified atom stereocenters. The molecule has 26 heavy (non-hydrogen) atoms. The summed E-state index contributed by atoms with van der Waals surface area (Å²) in [6.45, 7) is 5.63. The summed E-state index contributed by atoms with van der Waals surface area (Å²) >= 11 is 0. The zero-order valence-corrected chi connectivity index (χ0v) is 17.3. The van der Waals surface area contributed by atoms with Crippen LogP contribution in [0.25, 0.3) is 0 Å². The third-order valence-corrected chi connectivity index (χ3v) is 5.33. The number of hydrogen-bond acceptors (Lipinski definition) is 3. The molecule has 1 fully saturated rings. The van der Waals surface area contributed by atoms with E-state index in [2.05, 4.69) is 13.8 Å². The smallest absolute Gasteiger partial charge is 0.328 e. The van der Waals surface area contributed by atoms with Crippen LogP contribution in [0.2, 0.25) is 0 Å². The van der Waals surface area contributed by atoms with Crippen LogP contribution in [-0.4, -0.2) is 36.0 Å². The minimum atomic E-state index is -0.331. The number of rotatable bonds is 15. The zero-order valence-electron chi connectivity index (χ0n) is 17.3. The molecule has 0 saturated carbocycles. The standard InChI is InChI=1S/C22H41NO3/c1-3-5-7-9-10-12-14-19-26-22(25)20-16-15-18-23(20)21(24)17-13-11-8-6-4-2/h20H,3-19H2,1-2H3. The Bertz CT molecular complexity index is 384. The van der Waals surface area contributed by atoms with Crippen molar-refractivity contribution in [2.75, 3.05) is 13.2 Å². The van der Waals surface area contributed by atoms with Gasteiger partial charge in [-0.25, -0.2) is 4.79 Å². The Morgan fingerprint density at radius 2 is 1.42 bits per heavy atom. The van der Waals surface area contributed by atoms with Crippen molar-refractivity contribution in [3.05, 3.63) is 0 Å². The lowest BCUT2D eigenvalue weighted by Gasteiger charge is -2.23. The van der Waals surface area contributed by atoms with Crippen molar-refractivity contribution in [3.63, 3.8) is 0 Å². The largest absolute Gasteiger partial charge is 0.464 e. The van der Waals surface area contributed by atoms with Crippen LogP contribution in [-0.2, 0) is 14.3 Å². The van der Waals surface area contributed by atoms with Crippen molar-refractivity contribution in [3.8, 4) is 0 Å². The fourth-order valence-electron chi connectivity index (χ4n) is 3.66. The second kappa shape index (κ2) is 15.0. The molecule has 4 nitrogen and oxygen atoms in total. The molecular weight excluding hydrogens is 326 g/mol. The molecule has 1 atom stereocenters. The Morgan fingerprint density at radius 3 is 2.08 bits per heavy atom. The number of nitrogens with zero attached hydrogens (tertiary/aromatic N) is 1. The second-order valence-electron chi connectivity index (χ2n) is 7.70. The first-order valence-corrected chi connectivity index (χ1v) is 11.2. The molecule has 152 valence electrons. The first-order valence-electron chi connectivity index (χ1n) is 11.2. The van der Waals surface area contributed by atoms with Crippen LogP contribution in [0.3, 0.4) is 0 Å². The lowest BCUT2D eigenvalue weighted by atomic mass is 10.1. The molecule has 1 saturated heterocycles. The molecule has 0 aromatic carbocycles. The van der Waals surface area contributed by atoms with Crippen molar-refractivity contribution >= 4 is 11.9 Å². The van der Waals surface area contributed by atoms with Gasteiger partial charge in [0.25, 0.3) is 0 Å². The Morgan fingerprint density at radius 1 is 0.846 bits per heavy atom. The van der Waals surface area contributed by atoms with E-state index in [1.807, 2.05) is 0 Å². The van der Waals surface area contributed by atoms with Crippen molar-refractivity contribution < 1.29 is 14.3 Å². The number of esters is 1. The van der Waals surface area contributed by atoms with Crippen LogP contribution in [0.1, 0.15) is 110 Å². The van der Waals surface area contributed by atoms with Gasteiger partial charge in [0.2, 0.25) is 5.91 Å². The average molecular weight is 368 g/mol. The van der Waals surface area contributed by atoms with Gasteiger partial charge in [0.1, 0.15) is 6.04 Å². The van der Waals surface area contributed by atoms with Gasteiger partial charge in [0.15, 0.2) is 0 Å². The maximum atomic E-state index is 12.4. The van der Waals surface area contributed by atoms with E-state index in [0.29, 0.717) is 19.6 Å². The zero-order chi connectivity index (χ0) is 19.0. The number of hydrogen-bond donors (Lipinski definition) is 0. The molecule has 0 aliphatic carbocycles. The minimum absolute atomic E-state index is 0.136. The molecule has 0 spiro atoms. The van der Waals surface area contributed by atoms with Gasteiger partial charge in [0.05, 0.1) is 6.61 Å². The minimum Gasteiger partial charge on any atom is -0.464 e. The molecule has 4 heteroatoms. The highest BCUT2D eigenvalue weighted by Gasteiger charge is 2.34. The molecule has 1 aliphatic heterocycles. The summed E-state index contributed by atoms with van der Waals surface area (Å²) in [4.78, 5) is 26.5. The number of carbonyl (C=O) groups excluding carboxylic acids is 2. The lowest BCUT2D eigenvalue weighted by molar-refractivity contribution is -0.153. The van der Waals surface area contributed by atoms with E-state index in [1.54, 1.807) is 4.90 Å². The van der Waals surface area contributed by atoms with E-state index in [9.17, 15) is 9.59 Å². The maximum absolute atomic E-state index is 12.4. The van der Waals surface area contributed by atoms with Gasteiger partial charge in [-0.15, -0.1) is 0 Å². The monoisotopic (exact) mass is 367 g/mol. The van der Waals surface area contributed by atoms with E-state index in [4.69, 9.17) is 4.74 Å². The molecule has 1 rings (SSSR count). The van der Waals surface area contributed by atoms with Crippen LogP contribution < -0.4 is 0 Å². The molecule has 1 aliphatic rings. The maximum Gasteiger partial charge on any atom is 0.328 e. The third kappa shape index (κ3) is 9.59. The van der Waals surface area contributed by atoms with Crippen LogP contribution in [0.15, 0.2) is 0 Å². The fraction of sp³-hybridized carbons (Fsp3) is 0.909. The highest BCUT2D eigenvalue weighted by Crippen LogP contribution is 2.21. The van der Waals surface area contributed by atoms with Gasteiger partial charge in [-0.2, -0.15) is 0 Å². The van der Waals surface area contributed by atoms with E-state index < -0.39 is 0 Å². The van der Waals surface area contributed by atoms with E-state index >= 15 is 0 Å². The van der Waals surface area contributed by atoms with E-state index in [1.165, 1.54) is 51.4 Å². The van der Waals surface area contributed by atoms with E-state index in [-0.39, 0.29) is 17.9 Å². The first kappa shape index (κ1) is 23.0. The van der Waals surface area contributed by atoms with Gasteiger partial charge < -0.3 is 9.64 Å². The summed E-state index contributed by atoms with van der Waals surface area (Å²) in [6.07, 6.45) is 16.4. The molecule has 1 heterocycles. The normalized spacial score (nSPS) is 16.8. The number of likely N-dealkylation sites (tertiary alicyclic amines) is 1. The van der Waals surface area contributed by atoms with Crippen molar-refractivity contribution in [1.29, 1.82) is 0 Å². The van der Waals surface area contributed by atoms with Crippen LogP contribution >= 0.6 is 0 Å². The predicted octanol–water partition coefficient (Wildman–Crippen LogP) is 5.63. The highest BCUT2D eigenvalue weighted by atomic mass is 16.5. The average Bonchev–Trinajstić information content (AvgIpc) is 3.13. The van der Waals surface area contributed by atoms with Crippen LogP contribution in [0.5, 0.6) is 0 Å². The number of amides is 1. The van der Waals surface area contributed by atoms with Crippen molar-refractivity contribution in [2.24, 2.45) is 0 Å². The molecule has 0 radical (unpaired) electrons. The summed E-state index contributed by atoms with van der Waals surface area (Å²) in [7, 11) is 0. The summed E-state index contributed by atoms with van der Waals surface area (Å²) in [5, 5.41) is 0. The Labute approximate surface area is 161 Å². The third-order valence-electron chi connectivity index (χ3n) is 5.33. The van der Waals surface area contributed by atoms with Gasteiger partial charge in [-0.05, 0) is 25.7 Å². The highest BCUT2D eigenvalue weighted by molar-refractivity contribution is 5.85. The molecule has 0 aromatic heterocycles. The first-order chi connectivity index (χ1) is 12.7. The van der Waals surface area contributed by atoms with Gasteiger partial charge in [-0.1, -0.05) is 78.1 Å². The quantitative estimate of drug-likeness (QED) is 0.278. The predicted molar refractivity (Wildman–Crippen MR) is 107 cm³/mol. The summed E-state index contributed by atoms with van der Waals surface area (Å²) < 4.78 is 5.46. The molecular formula is C22H41NO3. The number of ether oxygens (including phenoxy) is 1. The van der Waals surface area contributed by atoms with Crippen LogP contribution in [0, 0.1) is 0 Å². The molecule has 0 bridgehead atoms. The molecule has 0 N–H and O–H groups in total. The molecule has 1 amide bonds. The summed E-state index contributed by atoms with van der Waals surface area (Å²) in [5.74, 6) is -0.0512. The number of carbonyl (C=O) groups is 2. The lowest BCUT2D eigenvalue weighted by Crippen LogP contribution is -2.41. The van der Waals surface area contributed by atoms with Crippen molar-refractivity contribution in [1.82, 2.24) is 4.90 Å². The number of unbranched alkanes of at least 4 members (excludes halogenated alkanes) is 10. The fourth-order valence-corrected chi connectivity index (χ4v) is 3.66. The Kier molecular flexibility index (Phi) is 13.3. The Balaban J connectivity index is 2.16. The van der Waals surface area contributed by atoms with Crippen LogP contribution in [0.4, 0.5) is 0 Å². The van der Waals surface area contributed by atoms with E-state index in [0.717, 1.165) is 38.5 Å². The Hall–Kier alpha value is -1.06. The molecule has 0 aromatic rings. The summed E-state index contributed by atoms with van der Waals surface area (Å²) in [5.41, 5.74) is 0. The van der Waals surface area contributed by atoms with Crippen molar-refractivity contribution in [2.45, 2.75) is 116 Å².